The van der Waals surface area contributed by atoms with Gasteiger partial charge in [-0.05, 0) is 41.5 Å². The van der Waals surface area contributed by atoms with Crippen molar-refractivity contribution in [3.8, 4) is 17.4 Å². The lowest BCUT2D eigenvalue weighted by Gasteiger charge is -2.37. The van der Waals surface area contributed by atoms with E-state index in [1.54, 1.807) is 36.4 Å². The summed E-state index contributed by atoms with van der Waals surface area (Å²) in [4.78, 5) is 29.6. The summed E-state index contributed by atoms with van der Waals surface area (Å²) in [5, 5.41) is 10.8. The SMILES string of the molecule is COc1ccc(C2C3=C(CC(C)(C)CC3=O)Oc3ncn4nc(CO/N=C(\C)c5cccs5)nc4c32)cc1OC. The monoisotopic (exact) mass is 559 g/mol. The number of nitrogens with zero attached hydrogens (tertiary/aromatic N) is 5. The second-order valence-electron chi connectivity index (χ2n) is 10.6. The van der Waals surface area contributed by atoms with Crippen molar-refractivity contribution in [3.63, 3.8) is 0 Å². The Balaban J connectivity index is 1.44. The van der Waals surface area contributed by atoms with Crippen molar-refractivity contribution in [1.29, 1.82) is 0 Å². The summed E-state index contributed by atoms with van der Waals surface area (Å²) in [5.41, 5.74) is 3.21. The fourth-order valence-corrected chi connectivity index (χ4v) is 6.00. The van der Waals surface area contributed by atoms with Gasteiger partial charge in [-0.15, -0.1) is 16.4 Å². The van der Waals surface area contributed by atoms with Crippen molar-refractivity contribution >= 4 is 28.5 Å². The number of hydrogen-bond acceptors (Lipinski definition) is 10. The molecule has 206 valence electrons. The van der Waals surface area contributed by atoms with E-state index < -0.39 is 5.92 Å². The first kappa shape index (κ1) is 26.0. The summed E-state index contributed by atoms with van der Waals surface area (Å²) in [7, 11) is 3.18. The normalized spacial score (nSPS) is 18.3. The molecule has 0 N–H and O–H groups in total. The average molecular weight is 560 g/mol. The third-order valence-electron chi connectivity index (χ3n) is 7.12. The van der Waals surface area contributed by atoms with E-state index in [9.17, 15) is 4.79 Å². The molecule has 6 rings (SSSR count). The Hall–Kier alpha value is -4.25. The van der Waals surface area contributed by atoms with Crippen LogP contribution in [-0.2, 0) is 16.2 Å². The van der Waals surface area contributed by atoms with Gasteiger partial charge in [0.2, 0.25) is 5.88 Å². The second kappa shape index (κ2) is 10.1. The number of aromatic nitrogens is 4. The van der Waals surface area contributed by atoms with Gasteiger partial charge in [-0.1, -0.05) is 31.1 Å². The van der Waals surface area contributed by atoms with E-state index in [4.69, 9.17) is 24.0 Å². The maximum atomic E-state index is 13.7. The summed E-state index contributed by atoms with van der Waals surface area (Å²) >= 11 is 1.59. The molecule has 4 heterocycles. The summed E-state index contributed by atoms with van der Waals surface area (Å²) in [6, 6.07) is 9.62. The predicted octanol–water partition coefficient (Wildman–Crippen LogP) is 5.31. The number of allylic oxidation sites excluding steroid dienone is 2. The van der Waals surface area contributed by atoms with Crippen LogP contribution in [0.25, 0.3) is 5.65 Å². The lowest BCUT2D eigenvalue weighted by Crippen LogP contribution is -2.33. The zero-order chi connectivity index (χ0) is 28.0. The molecule has 0 saturated heterocycles. The Morgan fingerprint density at radius 1 is 1.20 bits per heavy atom. The molecular formula is C29H29N5O5S. The standard InChI is InChI=1S/C29H29N5O5S/c1-16(22-7-6-10-40-22)33-38-14-23-31-27-26-24(17-8-9-19(36-4)20(11-17)37-5)25-18(35)12-29(2,3)13-21(25)39-28(26)30-15-34(27)32-23/h6-11,15,24H,12-14H2,1-5H3/b33-16+. The number of fused-ring (bicyclic) bond motifs is 3. The van der Waals surface area contributed by atoms with Crippen LogP contribution in [0.4, 0.5) is 0 Å². The van der Waals surface area contributed by atoms with Gasteiger partial charge < -0.3 is 19.0 Å². The second-order valence-corrected chi connectivity index (χ2v) is 11.6. The van der Waals surface area contributed by atoms with Gasteiger partial charge in [-0.3, -0.25) is 4.79 Å². The maximum absolute atomic E-state index is 13.7. The van der Waals surface area contributed by atoms with Crippen molar-refractivity contribution in [3.05, 3.63) is 75.2 Å². The molecular weight excluding hydrogens is 530 g/mol. The van der Waals surface area contributed by atoms with Crippen molar-refractivity contribution in [2.45, 2.75) is 46.1 Å². The molecule has 11 heteroatoms. The molecule has 0 fully saturated rings. The van der Waals surface area contributed by atoms with Crippen molar-refractivity contribution < 1.29 is 23.8 Å². The average Bonchev–Trinajstić information content (AvgIpc) is 3.61. The number of benzene rings is 1. The van der Waals surface area contributed by atoms with Crippen LogP contribution in [0.1, 0.15) is 61.4 Å². The highest BCUT2D eigenvalue weighted by Crippen LogP contribution is 2.51. The highest BCUT2D eigenvalue weighted by Gasteiger charge is 2.44. The smallest absolute Gasteiger partial charge is 0.228 e. The van der Waals surface area contributed by atoms with E-state index in [2.05, 4.69) is 29.1 Å². The molecule has 0 amide bonds. The van der Waals surface area contributed by atoms with Crippen LogP contribution in [0, 0.1) is 5.41 Å². The van der Waals surface area contributed by atoms with Crippen molar-refractivity contribution in [1.82, 2.24) is 19.6 Å². The maximum Gasteiger partial charge on any atom is 0.228 e. The summed E-state index contributed by atoms with van der Waals surface area (Å²) in [5.74, 6) is 2.21. The number of Topliss-reactive ketones (excluding diaryl/α,β-unsaturated/α-hetero) is 1. The topological polar surface area (TPSA) is 109 Å². The van der Waals surface area contributed by atoms with Gasteiger partial charge in [0.1, 0.15) is 12.1 Å². The molecule has 0 bridgehead atoms. The van der Waals surface area contributed by atoms with Crippen LogP contribution in [0.3, 0.4) is 0 Å². The van der Waals surface area contributed by atoms with Gasteiger partial charge in [0, 0.05) is 18.4 Å². The fraction of sp³-hybridized carbons (Fsp3) is 0.345. The number of carbonyl (C=O) groups excluding carboxylic acids is 1. The molecule has 10 nitrogen and oxygen atoms in total. The highest BCUT2D eigenvalue weighted by molar-refractivity contribution is 7.12. The minimum Gasteiger partial charge on any atom is -0.493 e. The molecule has 4 aromatic rings. The van der Waals surface area contributed by atoms with E-state index in [0.717, 1.165) is 16.2 Å². The summed E-state index contributed by atoms with van der Waals surface area (Å²) in [6.07, 6.45) is 2.60. The largest absolute Gasteiger partial charge is 0.493 e. The third-order valence-corrected chi connectivity index (χ3v) is 8.10. The number of methoxy groups -OCH3 is 2. The summed E-state index contributed by atoms with van der Waals surface area (Å²) in [6.45, 7) is 6.11. The summed E-state index contributed by atoms with van der Waals surface area (Å²) < 4.78 is 19.0. The Labute approximate surface area is 235 Å². The van der Waals surface area contributed by atoms with Crippen LogP contribution in [-0.4, -0.2) is 45.3 Å². The van der Waals surface area contributed by atoms with E-state index in [0.29, 0.717) is 58.6 Å². The van der Waals surface area contributed by atoms with E-state index in [1.165, 1.54) is 0 Å². The van der Waals surface area contributed by atoms with Crippen molar-refractivity contribution in [2.75, 3.05) is 14.2 Å². The Morgan fingerprint density at radius 2 is 2.02 bits per heavy atom. The Bertz CT molecular complexity index is 1670. The van der Waals surface area contributed by atoms with Gasteiger partial charge >= 0.3 is 0 Å². The number of rotatable bonds is 7. The van der Waals surface area contributed by atoms with Gasteiger partial charge in [0.25, 0.3) is 0 Å². The predicted molar refractivity (Wildman–Crippen MR) is 149 cm³/mol. The Kier molecular flexibility index (Phi) is 6.53. The van der Waals surface area contributed by atoms with Gasteiger partial charge in [0.15, 0.2) is 35.4 Å². The third kappa shape index (κ3) is 4.60. The van der Waals surface area contributed by atoms with Crippen LogP contribution in [0.5, 0.6) is 17.4 Å². The molecule has 1 unspecified atom stereocenters. The fourth-order valence-electron chi connectivity index (χ4n) is 5.33. The van der Waals surface area contributed by atoms with Crippen LogP contribution in [0.2, 0.25) is 0 Å². The number of ether oxygens (including phenoxy) is 3. The molecule has 2 aliphatic rings. The number of ketones is 1. The number of thiophene rings is 1. The van der Waals surface area contributed by atoms with Crippen LogP contribution < -0.4 is 14.2 Å². The molecule has 0 saturated carbocycles. The molecule has 1 atom stereocenters. The lowest BCUT2D eigenvalue weighted by molar-refractivity contribution is -0.118. The number of oxime groups is 1. The number of hydrogen-bond donors (Lipinski definition) is 0. The van der Waals surface area contributed by atoms with E-state index in [1.807, 2.05) is 42.6 Å². The molecule has 0 spiro atoms. The molecule has 40 heavy (non-hydrogen) atoms. The molecule has 1 aliphatic carbocycles. The van der Waals surface area contributed by atoms with Gasteiger partial charge in [-0.25, -0.2) is 14.5 Å². The molecule has 3 aromatic heterocycles. The molecule has 1 aliphatic heterocycles. The molecule has 1 aromatic carbocycles. The van der Waals surface area contributed by atoms with E-state index in [-0.39, 0.29) is 17.8 Å². The Morgan fingerprint density at radius 3 is 2.77 bits per heavy atom. The van der Waals surface area contributed by atoms with Crippen LogP contribution >= 0.6 is 11.3 Å². The van der Waals surface area contributed by atoms with E-state index >= 15 is 0 Å². The lowest BCUT2D eigenvalue weighted by atomic mass is 9.70. The first-order valence-electron chi connectivity index (χ1n) is 12.9. The number of carbonyl (C=O) groups is 1. The van der Waals surface area contributed by atoms with Crippen molar-refractivity contribution in [2.24, 2.45) is 10.6 Å². The van der Waals surface area contributed by atoms with Gasteiger partial charge in [-0.2, -0.15) is 0 Å². The van der Waals surface area contributed by atoms with Gasteiger partial charge in [0.05, 0.1) is 36.3 Å². The first-order chi connectivity index (χ1) is 19.3. The zero-order valence-electron chi connectivity index (χ0n) is 22.9. The van der Waals surface area contributed by atoms with Crippen LogP contribution in [0.15, 0.2) is 58.5 Å². The quantitative estimate of drug-likeness (QED) is 0.221. The zero-order valence-corrected chi connectivity index (χ0v) is 23.7. The molecule has 0 radical (unpaired) electrons. The minimum absolute atomic E-state index is 0.0418. The highest BCUT2D eigenvalue weighted by atomic mass is 32.1. The first-order valence-corrected chi connectivity index (χ1v) is 13.8. The minimum atomic E-state index is -0.476.